The van der Waals surface area contributed by atoms with Crippen molar-refractivity contribution in [2.75, 3.05) is 6.61 Å². The van der Waals surface area contributed by atoms with Crippen molar-refractivity contribution in [1.82, 2.24) is 0 Å². The average Bonchev–Trinajstić information content (AvgIpc) is 2.39. The molecule has 0 aromatic heterocycles. The molecular formula is C12H13NO6. The van der Waals surface area contributed by atoms with Gasteiger partial charge in [-0.3, -0.25) is 4.79 Å². The number of hydrogen-bond donors (Lipinski definition) is 0. The van der Waals surface area contributed by atoms with Crippen molar-refractivity contribution in [3.8, 4) is 5.75 Å². The second kappa shape index (κ2) is 7.10. The molecular weight excluding hydrogens is 254 g/mol. The van der Waals surface area contributed by atoms with Gasteiger partial charge in [-0.15, -0.1) is 10.1 Å². The molecule has 1 rings (SSSR count). The molecule has 7 nitrogen and oxygen atoms in total. The summed E-state index contributed by atoms with van der Waals surface area (Å²) in [5.41, 5.74) is 0.795. The first-order valence-electron chi connectivity index (χ1n) is 5.64. The van der Waals surface area contributed by atoms with Crippen LogP contribution < -0.4 is 4.74 Å². The van der Waals surface area contributed by atoms with Crippen LogP contribution in [0.15, 0.2) is 24.3 Å². The van der Waals surface area contributed by atoms with Gasteiger partial charge in [0, 0.05) is 6.42 Å². The van der Waals surface area contributed by atoms with Gasteiger partial charge in [-0.2, -0.15) is 0 Å². The number of carbonyl (C=O) groups is 2. The van der Waals surface area contributed by atoms with E-state index in [2.05, 4.69) is 4.84 Å². The molecule has 0 aliphatic carbocycles. The maximum atomic E-state index is 11.2. The summed E-state index contributed by atoms with van der Waals surface area (Å²) in [5.74, 6) is -1.24. The van der Waals surface area contributed by atoms with Crippen molar-refractivity contribution < 1.29 is 24.3 Å². The predicted octanol–water partition coefficient (Wildman–Crippen LogP) is 1.32. The number of nitrogens with zero attached hydrogens (tertiary/aromatic N) is 1. The van der Waals surface area contributed by atoms with Crippen LogP contribution in [0.25, 0.3) is 0 Å². The Morgan fingerprint density at radius 3 is 2.42 bits per heavy atom. The third-order valence-electron chi connectivity index (χ3n) is 2.27. The number of benzene rings is 1. The zero-order valence-corrected chi connectivity index (χ0v) is 10.3. The minimum absolute atomic E-state index is 0.0412. The molecule has 1 aromatic rings. The molecule has 0 aliphatic rings. The summed E-state index contributed by atoms with van der Waals surface area (Å²) in [5, 5.41) is 9.10. The number of esters is 1. The van der Waals surface area contributed by atoms with Crippen LogP contribution in [-0.2, 0) is 20.8 Å². The van der Waals surface area contributed by atoms with Gasteiger partial charge in [0.05, 0.1) is 0 Å². The fraction of sp³-hybridized carbons (Fsp3) is 0.333. The van der Waals surface area contributed by atoms with Crippen LogP contribution in [0.3, 0.4) is 0 Å². The Kier molecular flexibility index (Phi) is 5.46. The molecule has 0 saturated carbocycles. The van der Waals surface area contributed by atoms with Gasteiger partial charge in [0.25, 0.3) is 5.09 Å². The summed E-state index contributed by atoms with van der Waals surface area (Å²) in [6, 6.07) is 6.31. The topological polar surface area (TPSA) is 95.7 Å². The van der Waals surface area contributed by atoms with Gasteiger partial charge in [0.15, 0.2) is 0 Å². The van der Waals surface area contributed by atoms with E-state index < -0.39 is 16.8 Å². The second-order valence-electron chi connectivity index (χ2n) is 3.62. The minimum Gasteiger partial charge on any atom is -0.421 e. The molecule has 0 amide bonds. The van der Waals surface area contributed by atoms with E-state index in [1.165, 1.54) is 12.1 Å². The molecule has 0 heterocycles. The van der Waals surface area contributed by atoms with Crippen molar-refractivity contribution in [2.24, 2.45) is 0 Å². The Balaban J connectivity index is 2.49. The summed E-state index contributed by atoms with van der Waals surface area (Å²) in [7, 11) is 0. The molecule has 0 radical (unpaired) electrons. The van der Waals surface area contributed by atoms with Gasteiger partial charge < -0.3 is 9.57 Å². The minimum atomic E-state index is -0.896. The lowest BCUT2D eigenvalue weighted by atomic mass is 10.1. The fourth-order valence-corrected chi connectivity index (χ4v) is 1.27. The first-order chi connectivity index (χ1) is 9.02. The van der Waals surface area contributed by atoms with Crippen LogP contribution >= 0.6 is 0 Å². The predicted molar refractivity (Wildman–Crippen MR) is 64.0 cm³/mol. The normalized spacial score (nSPS) is 9.74. The van der Waals surface area contributed by atoms with E-state index in [-0.39, 0.29) is 18.8 Å². The van der Waals surface area contributed by atoms with E-state index in [1.807, 2.05) is 0 Å². The largest absolute Gasteiger partial charge is 0.421 e. The molecule has 0 N–H and O–H groups in total. The van der Waals surface area contributed by atoms with E-state index in [4.69, 9.17) is 4.74 Å². The number of rotatable bonds is 7. The number of ether oxygens (including phenoxy) is 1. The maximum absolute atomic E-state index is 11.2. The molecule has 0 atom stereocenters. The highest BCUT2D eigenvalue weighted by Crippen LogP contribution is 2.13. The van der Waals surface area contributed by atoms with Crippen LogP contribution in [0.1, 0.15) is 18.9 Å². The van der Waals surface area contributed by atoms with Crippen molar-refractivity contribution >= 4 is 11.8 Å². The van der Waals surface area contributed by atoms with Crippen molar-refractivity contribution in [3.63, 3.8) is 0 Å². The van der Waals surface area contributed by atoms with Crippen molar-refractivity contribution in [2.45, 2.75) is 19.8 Å². The molecule has 1 aromatic carbocycles. The van der Waals surface area contributed by atoms with Crippen LogP contribution in [0.2, 0.25) is 0 Å². The Morgan fingerprint density at radius 2 is 1.89 bits per heavy atom. The van der Waals surface area contributed by atoms with Gasteiger partial charge in [0.1, 0.15) is 12.4 Å². The molecule has 0 saturated heterocycles. The Morgan fingerprint density at radius 1 is 1.26 bits per heavy atom. The molecule has 0 unspecified atom stereocenters. The van der Waals surface area contributed by atoms with E-state index in [9.17, 15) is 19.7 Å². The summed E-state index contributed by atoms with van der Waals surface area (Å²) in [6.45, 7) is 1.53. The number of Topliss-reactive ketones (excluding diaryl/α,β-unsaturated/α-hetero) is 1. The molecule has 0 aliphatic heterocycles. The SMILES string of the molecule is CCC(=O)C(=O)Oc1ccc(CCO[N+](=O)[O-])cc1. The summed E-state index contributed by atoms with van der Waals surface area (Å²) >= 11 is 0. The third kappa shape index (κ3) is 5.15. The van der Waals surface area contributed by atoms with Gasteiger partial charge in [-0.05, 0) is 24.1 Å². The monoisotopic (exact) mass is 267 g/mol. The highest BCUT2D eigenvalue weighted by atomic mass is 16.9. The third-order valence-corrected chi connectivity index (χ3v) is 2.27. The smallest absolute Gasteiger partial charge is 0.379 e. The van der Waals surface area contributed by atoms with Crippen LogP contribution in [-0.4, -0.2) is 23.4 Å². The molecule has 0 fully saturated rings. The average molecular weight is 267 g/mol. The molecule has 102 valence electrons. The Bertz CT molecular complexity index is 468. The summed E-state index contributed by atoms with van der Waals surface area (Å²) in [4.78, 5) is 36.4. The Hall–Kier alpha value is -2.44. The zero-order chi connectivity index (χ0) is 14.3. The number of carbonyl (C=O) groups excluding carboxylic acids is 2. The summed E-state index contributed by atoms with van der Waals surface area (Å²) in [6.07, 6.45) is 0.457. The van der Waals surface area contributed by atoms with Gasteiger partial charge in [0.2, 0.25) is 5.78 Å². The maximum Gasteiger partial charge on any atom is 0.379 e. The van der Waals surface area contributed by atoms with E-state index >= 15 is 0 Å². The lowest BCUT2D eigenvalue weighted by Crippen LogP contribution is -2.19. The highest BCUT2D eigenvalue weighted by Gasteiger charge is 2.13. The summed E-state index contributed by atoms with van der Waals surface area (Å²) < 4.78 is 4.84. The van der Waals surface area contributed by atoms with Crippen LogP contribution in [0, 0.1) is 10.1 Å². The van der Waals surface area contributed by atoms with Crippen LogP contribution in [0.5, 0.6) is 5.75 Å². The molecule has 7 heteroatoms. The van der Waals surface area contributed by atoms with E-state index in [0.717, 1.165) is 5.56 Å². The second-order valence-corrected chi connectivity index (χ2v) is 3.62. The van der Waals surface area contributed by atoms with Gasteiger partial charge in [-0.1, -0.05) is 19.1 Å². The first-order valence-corrected chi connectivity index (χ1v) is 5.64. The standard InChI is InChI=1S/C12H13NO6/c1-2-11(14)12(15)19-10-5-3-9(4-6-10)7-8-18-13(16)17/h3-6H,2,7-8H2,1H3. The van der Waals surface area contributed by atoms with E-state index in [1.54, 1.807) is 19.1 Å². The van der Waals surface area contributed by atoms with Gasteiger partial charge in [-0.25, -0.2) is 4.79 Å². The molecule has 0 bridgehead atoms. The first kappa shape index (κ1) is 14.6. The fourth-order valence-electron chi connectivity index (χ4n) is 1.27. The zero-order valence-electron chi connectivity index (χ0n) is 10.3. The van der Waals surface area contributed by atoms with E-state index in [0.29, 0.717) is 6.42 Å². The van der Waals surface area contributed by atoms with Crippen LogP contribution in [0.4, 0.5) is 0 Å². The highest BCUT2D eigenvalue weighted by molar-refractivity contribution is 6.34. The van der Waals surface area contributed by atoms with Crippen molar-refractivity contribution in [1.29, 1.82) is 0 Å². The van der Waals surface area contributed by atoms with Gasteiger partial charge >= 0.3 is 5.97 Å². The Labute approximate surface area is 109 Å². The van der Waals surface area contributed by atoms with Crippen molar-refractivity contribution in [3.05, 3.63) is 39.9 Å². The quantitative estimate of drug-likeness (QED) is 0.243. The number of ketones is 1. The lowest BCUT2D eigenvalue weighted by Gasteiger charge is -2.04. The number of hydrogen-bond acceptors (Lipinski definition) is 6. The lowest BCUT2D eigenvalue weighted by molar-refractivity contribution is -0.757. The molecule has 0 spiro atoms. The molecule has 19 heavy (non-hydrogen) atoms.